The minimum Gasteiger partial charge on any atom is -0.481 e. The normalized spacial score (nSPS) is 11.6. The van der Waals surface area contributed by atoms with Gasteiger partial charge in [-0.15, -0.1) is 23.7 Å². The summed E-state index contributed by atoms with van der Waals surface area (Å²) in [6.45, 7) is 0.388. The van der Waals surface area contributed by atoms with E-state index in [1.54, 1.807) is 24.1 Å². The highest BCUT2D eigenvalue weighted by Gasteiger charge is 2.19. The lowest BCUT2D eigenvalue weighted by atomic mass is 10.1. The zero-order chi connectivity index (χ0) is 17.5. The van der Waals surface area contributed by atoms with E-state index >= 15 is 0 Å². The molecule has 0 bridgehead atoms. The number of benzene rings is 1. The number of hydrogen-bond acceptors (Lipinski definition) is 4. The monoisotopic (exact) mass is 386 g/mol. The topological polar surface area (TPSA) is 69.6 Å². The predicted molar refractivity (Wildman–Crippen MR) is 97.7 cm³/mol. The summed E-state index contributed by atoms with van der Waals surface area (Å²) in [5.74, 6) is -1.45. The smallest absolute Gasteiger partial charge is 0.304 e. The summed E-state index contributed by atoms with van der Waals surface area (Å²) in [6.07, 6.45) is -0.0178. The van der Waals surface area contributed by atoms with Crippen LogP contribution >= 0.6 is 23.7 Å². The number of aliphatic carboxylic acids is 1. The number of nitrogens with one attached hydrogen (secondary N) is 1. The first-order chi connectivity index (χ1) is 11.5. The van der Waals surface area contributed by atoms with E-state index in [0.29, 0.717) is 6.54 Å². The van der Waals surface area contributed by atoms with E-state index in [0.717, 1.165) is 10.4 Å². The molecule has 25 heavy (non-hydrogen) atoms. The van der Waals surface area contributed by atoms with Crippen LogP contribution in [0, 0.1) is 5.82 Å². The fourth-order valence-electron chi connectivity index (χ4n) is 2.25. The van der Waals surface area contributed by atoms with Crippen LogP contribution in [0.2, 0.25) is 0 Å². The quantitative estimate of drug-likeness (QED) is 0.731. The summed E-state index contributed by atoms with van der Waals surface area (Å²) in [6, 6.07) is 9.46. The molecular weight excluding hydrogens is 367 g/mol. The van der Waals surface area contributed by atoms with E-state index in [2.05, 4.69) is 5.32 Å². The fourth-order valence-corrected chi connectivity index (χ4v) is 3.05. The highest BCUT2D eigenvalue weighted by molar-refractivity contribution is 7.10. The molecular formula is C17H20ClFN2O3S. The van der Waals surface area contributed by atoms with Crippen molar-refractivity contribution in [3.05, 3.63) is 58.0 Å². The molecule has 1 heterocycles. The second kappa shape index (κ2) is 10.1. The Kier molecular flexibility index (Phi) is 8.54. The Morgan fingerprint density at radius 3 is 2.52 bits per heavy atom. The van der Waals surface area contributed by atoms with E-state index < -0.39 is 5.97 Å². The lowest BCUT2D eigenvalue weighted by molar-refractivity contribution is -0.137. The van der Waals surface area contributed by atoms with Crippen molar-refractivity contribution in [2.45, 2.75) is 12.5 Å². The second-order valence-corrected chi connectivity index (χ2v) is 6.43. The molecule has 2 aromatic rings. The number of carbonyl (C=O) groups is 2. The molecule has 5 nitrogen and oxygen atoms in total. The van der Waals surface area contributed by atoms with Crippen LogP contribution < -0.4 is 5.32 Å². The molecule has 136 valence electrons. The van der Waals surface area contributed by atoms with Crippen LogP contribution in [-0.4, -0.2) is 42.0 Å². The highest BCUT2D eigenvalue weighted by atomic mass is 35.5. The van der Waals surface area contributed by atoms with Gasteiger partial charge in [-0.25, -0.2) is 4.39 Å². The zero-order valence-electron chi connectivity index (χ0n) is 13.6. The summed E-state index contributed by atoms with van der Waals surface area (Å²) in [7, 11) is 1.70. The van der Waals surface area contributed by atoms with Gasteiger partial charge in [0.2, 0.25) is 5.91 Å². The van der Waals surface area contributed by atoms with Gasteiger partial charge in [0.25, 0.3) is 0 Å². The average Bonchev–Trinajstić information content (AvgIpc) is 3.06. The molecule has 1 unspecified atom stereocenters. The van der Waals surface area contributed by atoms with Gasteiger partial charge in [-0.2, -0.15) is 0 Å². The summed E-state index contributed by atoms with van der Waals surface area (Å²) in [4.78, 5) is 25.5. The lowest BCUT2D eigenvalue weighted by Crippen LogP contribution is -2.38. The van der Waals surface area contributed by atoms with Crippen LogP contribution in [0.5, 0.6) is 0 Å². The van der Waals surface area contributed by atoms with Crippen molar-refractivity contribution in [3.63, 3.8) is 0 Å². The molecule has 8 heteroatoms. The van der Waals surface area contributed by atoms with Gasteiger partial charge >= 0.3 is 5.97 Å². The highest BCUT2D eigenvalue weighted by Crippen LogP contribution is 2.26. The molecule has 0 saturated heterocycles. The van der Waals surface area contributed by atoms with Gasteiger partial charge < -0.3 is 10.4 Å². The van der Waals surface area contributed by atoms with Crippen LogP contribution in [0.15, 0.2) is 41.8 Å². The number of thiophene rings is 1. The number of carboxylic acids is 1. The molecule has 2 N–H and O–H groups in total. The largest absolute Gasteiger partial charge is 0.481 e. The number of rotatable bonds is 8. The first kappa shape index (κ1) is 21.1. The van der Waals surface area contributed by atoms with E-state index in [4.69, 9.17) is 5.11 Å². The third-order valence-corrected chi connectivity index (χ3v) is 4.39. The van der Waals surface area contributed by atoms with Crippen LogP contribution in [0.25, 0.3) is 0 Å². The maximum Gasteiger partial charge on any atom is 0.304 e. The molecule has 1 aromatic heterocycles. The van der Waals surface area contributed by atoms with Crippen LogP contribution in [-0.2, 0) is 9.59 Å². The first-order valence-corrected chi connectivity index (χ1v) is 8.32. The number of nitrogens with zero attached hydrogens (tertiary/aromatic N) is 1. The molecule has 0 aliphatic rings. The molecule has 0 fully saturated rings. The van der Waals surface area contributed by atoms with Crippen LogP contribution in [0.3, 0.4) is 0 Å². The second-order valence-electron chi connectivity index (χ2n) is 5.45. The summed E-state index contributed by atoms with van der Waals surface area (Å²) in [5, 5.41) is 13.5. The Balaban J connectivity index is 0.00000312. The van der Waals surface area contributed by atoms with Gasteiger partial charge in [0.05, 0.1) is 19.0 Å². The van der Waals surface area contributed by atoms with Gasteiger partial charge in [0.1, 0.15) is 5.82 Å². The third kappa shape index (κ3) is 6.81. The van der Waals surface area contributed by atoms with E-state index in [9.17, 15) is 14.0 Å². The number of carboxylic acid groups (broad SMARTS) is 1. The van der Waals surface area contributed by atoms with Gasteiger partial charge in [-0.1, -0.05) is 18.2 Å². The zero-order valence-corrected chi connectivity index (χ0v) is 15.3. The SMILES string of the molecule is CN(CCC(=O)O)CC(=O)NC(c1ccc(F)cc1)c1cccs1.Cl. The number of hydrogen-bond donors (Lipinski definition) is 2. The first-order valence-electron chi connectivity index (χ1n) is 7.44. The Morgan fingerprint density at radius 2 is 1.96 bits per heavy atom. The van der Waals surface area contributed by atoms with Crippen molar-refractivity contribution in [2.75, 3.05) is 20.1 Å². The Hall–Kier alpha value is -1.96. The molecule has 1 atom stereocenters. The third-order valence-electron chi connectivity index (χ3n) is 3.46. The number of carbonyl (C=O) groups excluding carboxylic acids is 1. The predicted octanol–water partition coefficient (Wildman–Crippen LogP) is 2.92. The summed E-state index contributed by atoms with van der Waals surface area (Å²) < 4.78 is 13.1. The van der Waals surface area contributed by atoms with E-state index in [1.807, 2.05) is 17.5 Å². The van der Waals surface area contributed by atoms with Gasteiger partial charge in [-0.3, -0.25) is 14.5 Å². The number of amides is 1. The standard InChI is InChI=1S/C17H19FN2O3S.ClH/c1-20(9-8-16(22)23)11-15(21)19-17(14-3-2-10-24-14)12-4-6-13(18)7-5-12;/h2-7,10,17H,8-9,11H2,1H3,(H,19,21)(H,22,23);1H. The summed E-state index contributed by atoms with van der Waals surface area (Å²) in [5.41, 5.74) is 0.792. The maximum absolute atomic E-state index is 13.1. The van der Waals surface area contributed by atoms with Crippen molar-refractivity contribution in [1.82, 2.24) is 10.2 Å². The lowest BCUT2D eigenvalue weighted by Gasteiger charge is -2.21. The fraction of sp³-hybridized carbons (Fsp3) is 0.294. The maximum atomic E-state index is 13.1. The molecule has 1 aromatic carbocycles. The van der Waals surface area contributed by atoms with Crippen molar-refractivity contribution in [1.29, 1.82) is 0 Å². The van der Waals surface area contributed by atoms with E-state index in [1.165, 1.54) is 23.5 Å². The van der Waals surface area contributed by atoms with Gasteiger partial charge in [-0.05, 0) is 36.2 Å². The van der Waals surface area contributed by atoms with Crippen molar-refractivity contribution < 1.29 is 19.1 Å². The molecule has 2 rings (SSSR count). The molecule has 1 amide bonds. The molecule has 0 spiro atoms. The van der Waals surface area contributed by atoms with Gasteiger partial charge in [0, 0.05) is 11.4 Å². The Labute approximate surface area is 155 Å². The average molecular weight is 387 g/mol. The van der Waals surface area contributed by atoms with Gasteiger partial charge in [0.15, 0.2) is 0 Å². The van der Waals surface area contributed by atoms with Crippen molar-refractivity contribution in [3.8, 4) is 0 Å². The molecule has 0 aliphatic carbocycles. The van der Waals surface area contributed by atoms with Crippen LogP contribution in [0.4, 0.5) is 4.39 Å². The van der Waals surface area contributed by atoms with Crippen molar-refractivity contribution in [2.24, 2.45) is 0 Å². The molecule has 0 aliphatic heterocycles. The minimum absolute atomic E-state index is 0. The number of halogens is 2. The Morgan fingerprint density at radius 1 is 1.28 bits per heavy atom. The molecule has 0 saturated carbocycles. The molecule has 0 radical (unpaired) electrons. The van der Waals surface area contributed by atoms with Crippen molar-refractivity contribution >= 4 is 35.6 Å². The summed E-state index contributed by atoms with van der Waals surface area (Å²) >= 11 is 1.51. The number of likely N-dealkylation sites (N-methyl/N-ethyl adjacent to an activating group) is 1. The minimum atomic E-state index is -0.898. The Bertz CT molecular complexity index is 680. The van der Waals surface area contributed by atoms with Crippen LogP contribution in [0.1, 0.15) is 22.9 Å². The van der Waals surface area contributed by atoms with E-state index in [-0.39, 0.29) is 43.1 Å².